The summed E-state index contributed by atoms with van der Waals surface area (Å²) in [4.78, 5) is 0. The molecule has 2 saturated carbocycles. The summed E-state index contributed by atoms with van der Waals surface area (Å²) in [5.74, 6) is -7.24. The lowest BCUT2D eigenvalue weighted by Crippen LogP contribution is -2.43. The molecule has 162 valence electrons. The van der Waals surface area contributed by atoms with Crippen LogP contribution in [0.25, 0.3) is 0 Å². The molecule has 0 nitrogen and oxygen atoms in total. The van der Waals surface area contributed by atoms with Gasteiger partial charge in [-0.3, -0.25) is 0 Å². The molecule has 0 aliphatic heterocycles. The van der Waals surface area contributed by atoms with Gasteiger partial charge in [-0.2, -0.15) is 17.6 Å². The third-order valence-electron chi connectivity index (χ3n) is 8.05. The molecule has 3 aliphatic carbocycles. The molecule has 0 bridgehead atoms. The maximum Gasteiger partial charge on any atom is 0.338 e. The second-order valence-electron chi connectivity index (χ2n) is 9.62. The van der Waals surface area contributed by atoms with Crippen molar-refractivity contribution in [3.8, 4) is 0 Å². The van der Waals surface area contributed by atoms with Crippen LogP contribution in [0, 0.1) is 23.6 Å². The van der Waals surface area contributed by atoms with Gasteiger partial charge in [0.25, 0.3) is 0 Å². The number of hydrogen-bond acceptors (Lipinski definition) is 0. The Kier molecular flexibility index (Phi) is 5.71. The van der Waals surface area contributed by atoms with E-state index in [2.05, 4.69) is 6.92 Å². The Balaban J connectivity index is 1.44. The van der Waals surface area contributed by atoms with E-state index < -0.39 is 29.6 Å². The third kappa shape index (κ3) is 3.83. The maximum atomic E-state index is 14.6. The van der Waals surface area contributed by atoms with Gasteiger partial charge in [-0.25, -0.2) is 4.39 Å². The van der Waals surface area contributed by atoms with Crippen LogP contribution >= 0.6 is 0 Å². The smallest absolute Gasteiger partial charge is 0.206 e. The van der Waals surface area contributed by atoms with Gasteiger partial charge in [-0.05, 0) is 85.8 Å². The normalized spacial score (nSPS) is 33.9. The summed E-state index contributed by atoms with van der Waals surface area (Å²) < 4.78 is 70.1. The molecule has 0 unspecified atom stereocenters. The van der Waals surface area contributed by atoms with Crippen LogP contribution in [0.1, 0.15) is 93.7 Å². The number of rotatable bonds is 3. The predicted molar refractivity (Wildman–Crippen MR) is 104 cm³/mol. The third-order valence-corrected chi connectivity index (χ3v) is 8.05. The maximum absolute atomic E-state index is 14.6. The Morgan fingerprint density at radius 3 is 2.03 bits per heavy atom. The van der Waals surface area contributed by atoms with Gasteiger partial charge >= 0.3 is 11.8 Å². The van der Waals surface area contributed by atoms with E-state index in [0.717, 1.165) is 55.1 Å². The summed E-state index contributed by atoms with van der Waals surface area (Å²) in [5.41, 5.74) is -0.301. The van der Waals surface area contributed by atoms with Crippen molar-refractivity contribution in [1.29, 1.82) is 0 Å². The summed E-state index contributed by atoms with van der Waals surface area (Å²) in [5, 5.41) is 0. The second kappa shape index (κ2) is 7.85. The van der Waals surface area contributed by atoms with Gasteiger partial charge in [0.15, 0.2) is 0 Å². The van der Waals surface area contributed by atoms with Crippen molar-refractivity contribution in [1.82, 2.24) is 0 Å². The van der Waals surface area contributed by atoms with Crippen molar-refractivity contribution >= 4 is 0 Å². The van der Waals surface area contributed by atoms with Crippen molar-refractivity contribution in [3.63, 3.8) is 0 Å². The molecule has 0 atom stereocenters. The lowest BCUT2D eigenvalue weighted by molar-refractivity contribution is -0.226. The van der Waals surface area contributed by atoms with E-state index in [-0.39, 0.29) is 17.9 Å². The molecule has 0 amide bonds. The Morgan fingerprint density at radius 1 is 0.862 bits per heavy atom. The number of aryl methyl sites for hydroxylation is 1. The first-order valence-corrected chi connectivity index (χ1v) is 11.3. The van der Waals surface area contributed by atoms with Crippen LogP contribution in [-0.4, -0.2) is 5.92 Å². The van der Waals surface area contributed by atoms with Gasteiger partial charge in [-0.15, -0.1) is 0 Å². The fourth-order valence-corrected chi connectivity index (χ4v) is 6.09. The van der Waals surface area contributed by atoms with Crippen LogP contribution in [0.3, 0.4) is 0 Å². The number of fused-ring (bicyclic) bond motifs is 1. The largest absolute Gasteiger partial charge is 0.338 e. The molecule has 2 fully saturated rings. The van der Waals surface area contributed by atoms with Crippen molar-refractivity contribution in [2.75, 3.05) is 0 Å². The molecule has 0 aromatic heterocycles. The summed E-state index contributed by atoms with van der Waals surface area (Å²) in [6.45, 7) is 2.27. The number of benzene rings is 1. The summed E-state index contributed by atoms with van der Waals surface area (Å²) in [7, 11) is 0. The first-order chi connectivity index (χ1) is 13.7. The Bertz CT molecular complexity index is 725. The lowest BCUT2D eigenvalue weighted by Gasteiger charge is -2.38. The topological polar surface area (TPSA) is 0 Å². The van der Waals surface area contributed by atoms with Gasteiger partial charge in [0.05, 0.1) is 5.56 Å². The number of alkyl halides is 4. The zero-order valence-electron chi connectivity index (χ0n) is 17.1. The van der Waals surface area contributed by atoms with E-state index >= 15 is 0 Å². The lowest BCUT2D eigenvalue weighted by atomic mass is 9.68. The molecule has 29 heavy (non-hydrogen) atoms. The van der Waals surface area contributed by atoms with E-state index in [1.807, 2.05) is 0 Å². The van der Waals surface area contributed by atoms with Crippen LogP contribution in [0.4, 0.5) is 22.0 Å². The molecule has 1 aromatic rings. The molecular formula is C24H31F5. The first-order valence-electron chi connectivity index (χ1n) is 11.3. The molecule has 5 heteroatoms. The second-order valence-corrected chi connectivity index (χ2v) is 9.62. The highest BCUT2D eigenvalue weighted by atomic mass is 19.3. The van der Waals surface area contributed by atoms with Crippen molar-refractivity contribution in [2.45, 2.75) is 95.3 Å². The summed E-state index contributed by atoms with van der Waals surface area (Å²) in [6.07, 6.45) is 9.49. The fraction of sp³-hybridized carbons (Fsp3) is 0.750. The van der Waals surface area contributed by atoms with Gasteiger partial charge in [0.2, 0.25) is 0 Å². The van der Waals surface area contributed by atoms with Gasteiger partial charge in [-0.1, -0.05) is 32.3 Å². The minimum Gasteiger partial charge on any atom is -0.206 e. The summed E-state index contributed by atoms with van der Waals surface area (Å²) in [6, 6.07) is 2.69. The molecule has 0 N–H and O–H groups in total. The van der Waals surface area contributed by atoms with E-state index in [4.69, 9.17) is 0 Å². The van der Waals surface area contributed by atoms with E-state index in [9.17, 15) is 22.0 Å². The standard InChI is InChI=1S/C24H31F5/c1-2-15-3-5-16(6-4-15)17-7-9-18(10-8-17)20-13-19-11-12-23(26,27)24(28,29)22(19)21(25)14-20/h13-18H,2-12H2,1H3. The highest BCUT2D eigenvalue weighted by Gasteiger charge is 2.61. The molecule has 0 saturated heterocycles. The minimum absolute atomic E-state index is 0.0657. The van der Waals surface area contributed by atoms with Crippen LogP contribution in [0.2, 0.25) is 0 Å². The molecule has 3 aliphatic rings. The van der Waals surface area contributed by atoms with E-state index in [0.29, 0.717) is 0 Å². The zero-order valence-corrected chi connectivity index (χ0v) is 17.1. The first kappa shape index (κ1) is 21.1. The van der Waals surface area contributed by atoms with Gasteiger partial charge in [0.1, 0.15) is 5.82 Å². The molecule has 0 spiro atoms. The molecule has 0 heterocycles. The van der Waals surface area contributed by atoms with Crippen LogP contribution in [0.15, 0.2) is 12.1 Å². The molecule has 4 rings (SSSR count). The fourth-order valence-electron chi connectivity index (χ4n) is 6.09. The van der Waals surface area contributed by atoms with Crippen molar-refractivity contribution < 1.29 is 22.0 Å². The van der Waals surface area contributed by atoms with Crippen LogP contribution in [-0.2, 0) is 12.3 Å². The van der Waals surface area contributed by atoms with E-state index in [1.54, 1.807) is 6.07 Å². The predicted octanol–water partition coefficient (Wildman–Crippen LogP) is 7.99. The van der Waals surface area contributed by atoms with Gasteiger partial charge < -0.3 is 0 Å². The van der Waals surface area contributed by atoms with E-state index in [1.165, 1.54) is 32.1 Å². The Labute approximate surface area is 170 Å². The number of halogens is 5. The monoisotopic (exact) mass is 414 g/mol. The zero-order chi connectivity index (χ0) is 20.8. The van der Waals surface area contributed by atoms with Crippen molar-refractivity contribution in [3.05, 3.63) is 34.6 Å². The van der Waals surface area contributed by atoms with Crippen LogP contribution in [0.5, 0.6) is 0 Å². The highest BCUT2D eigenvalue weighted by Crippen LogP contribution is 2.52. The van der Waals surface area contributed by atoms with Gasteiger partial charge in [0, 0.05) is 6.42 Å². The molecule has 0 radical (unpaired) electrons. The highest BCUT2D eigenvalue weighted by molar-refractivity contribution is 5.41. The molecular weight excluding hydrogens is 383 g/mol. The van der Waals surface area contributed by atoms with Crippen LogP contribution < -0.4 is 0 Å². The average Bonchev–Trinajstić information content (AvgIpc) is 2.71. The Hall–Kier alpha value is -1.13. The summed E-state index contributed by atoms with van der Waals surface area (Å²) >= 11 is 0. The Morgan fingerprint density at radius 2 is 1.45 bits per heavy atom. The average molecular weight is 415 g/mol. The SMILES string of the molecule is CCC1CCC(C2CCC(c3cc(F)c4c(c3)CCC(F)(F)C4(F)F)CC2)CC1. The quantitative estimate of drug-likeness (QED) is 0.440. The van der Waals surface area contributed by atoms with Crippen molar-refractivity contribution in [2.24, 2.45) is 17.8 Å². The number of hydrogen-bond donors (Lipinski definition) is 0. The minimum atomic E-state index is -4.43. The molecule has 1 aromatic carbocycles.